The molecule has 0 radical (unpaired) electrons. The van der Waals surface area contributed by atoms with Crippen LogP contribution in [-0.4, -0.2) is 32.1 Å². The Morgan fingerprint density at radius 1 is 1.00 bits per heavy atom. The highest BCUT2D eigenvalue weighted by Gasteiger charge is 2.25. The number of nitrogens with one attached hydrogen (secondary N) is 2. The van der Waals surface area contributed by atoms with Crippen molar-refractivity contribution < 1.29 is 23.5 Å². The summed E-state index contributed by atoms with van der Waals surface area (Å²) in [6, 6.07) is 13.7. The molecule has 0 aliphatic rings. The number of hydrogen-bond donors (Lipinski definition) is 2. The molecule has 30 heavy (non-hydrogen) atoms. The zero-order chi connectivity index (χ0) is 21.7. The molecule has 0 spiro atoms. The van der Waals surface area contributed by atoms with Crippen LogP contribution in [0, 0.1) is 5.92 Å². The lowest BCUT2D eigenvalue weighted by Gasteiger charge is -2.21. The highest BCUT2D eigenvalue weighted by atomic mass is 16.5. The number of ether oxygens (including phenoxy) is 2. The van der Waals surface area contributed by atoms with E-state index in [4.69, 9.17) is 13.9 Å². The van der Waals surface area contributed by atoms with Crippen molar-refractivity contribution in [3.8, 4) is 11.5 Å². The molecule has 0 saturated heterocycles. The third kappa shape index (κ3) is 4.92. The number of carbonyl (C=O) groups excluding carboxylic acids is 2. The lowest BCUT2D eigenvalue weighted by Crippen LogP contribution is -2.49. The number of hydrogen-bond acceptors (Lipinski definition) is 5. The molecular formula is C23H26N2O5. The summed E-state index contributed by atoms with van der Waals surface area (Å²) in [5.41, 5.74) is 1.12. The van der Waals surface area contributed by atoms with Gasteiger partial charge in [-0.05, 0) is 30.2 Å². The van der Waals surface area contributed by atoms with Crippen LogP contribution in [0.4, 0.5) is 0 Å². The lowest BCUT2D eigenvalue weighted by molar-refractivity contribution is -0.124. The molecule has 0 fully saturated rings. The van der Waals surface area contributed by atoms with Gasteiger partial charge in [0.05, 0.1) is 20.8 Å². The molecule has 0 saturated carbocycles. The molecular weight excluding hydrogens is 384 g/mol. The summed E-state index contributed by atoms with van der Waals surface area (Å²) in [6.45, 7) is 3.98. The summed E-state index contributed by atoms with van der Waals surface area (Å²) in [7, 11) is 3.03. The van der Waals surface area contributed by atoms with Crippen molar-refractivity contribution in [1.29, 1.82) is 0 Å². The standard InChI is InChI=1S/C23H26N2O5/c1-14(2)21(25-22(26)16-10-17(28-3)12-18(11-16)29-4)23(27)24-13-19-9-15-7-5-6-8-20(15)30-19/h5-12,14,21H,13H2,1-4H3,(H,24,27)(H,25,26). The van der Waals surface area contributed by atoms with Crippen molar-refractivity contribution in [3.05, 3.63) is 59.9 Å². The summed E-state index contributed by atoms with van der Waals surface area (Å²) >= 11 is 0. The van der Waals surface area contributed by atoms with Crippen LogP contribution in [0.15, 0.2) is 52.9 Å². The van der Waals surface area contributed by atoms with Gasteiger partial charge in [0.1, 0.15) is 28.9 Å². The second-order valence-electron chi connectivity index (χ2n) is 7.26. The Bertz CT molecular complexity index is 986. The molecule has 0 aliphatic heterocycles. The number of methoxy groups -OCH3 is 2. The van der Waals surface area contributed by atoms with Gasteiger partial charge in [-0.3, -0.25) is 9.59 Å². The van der Waals surface area contributed by atoms with Gasteiger partial charge in [0.25, 0.3) is 5.91 Å². The maximum Gasteiger partial charge on any atom is 0.252 e. The van der Waals surface area contributed by atoms with E-state index < -0.39 is 6.04 Å². The van der Waals surface area contributed by atoms with E-state index >= 15 is 0 Å². The second-order valence-corrected chi connectivity index (χ2v) is 7.26. The van der Waals surface area contributed by atoms with Gasteiger partial charge >= 0.3 is 0 Å². The maximum atomic E-state index is 12.8. The summed E-state index contributed by atoms with van der Waals surface area (Å²) in [5.74, 6) is 0.858. The summed E-state index contributed by atoms with van der Waals surface area (Å²) in [4.78, 5) is 25.5. The van der Waals surface area contributed by atoms with Crippen LogP contribution in [0.25, 0.3) is 11.0 Å². The van der Waals surface area contributed by atoms with E-state index in [1.807, 2.05) is 44.2 Å². The van der Waals surface area contributed by atoms with Gasteiger partial charge < -0.3 is 24.5 Å². The Labute approximate surface area is 175 Å². The fourth-order valence-electron chi connectivity index (χ4n) is 3.11. The van der Waals surface area contributed by atoms with E-state index in [1.54, 1.807) is 18.2 Å². The third-order valence-electron chi connectivity index (χ3n) is 4.76. The van der Waals surface area contributed by atoms with Gasteiger partial charge in [-0.1, -0.05) is 32.0 Å². The molecule has 3 rings (SSSR count). The van der Waals surface area contributed by atoms with E-state index in [0.717, 1.165) is 11.0 Å². The van der Waals surface area contributed by atoms with E-state index in [1.165, 1.54) is 14.2 Å². The minimum absolute atomic E-state index is 0.114. The molecule has 1 heterocycles. The maximum absolute atomic E-state index is 12.8. The van der Waals surface area contributed by atoms with Crippen molar-refractivity contribution in [3.63, 3.8) is 0 Å². The predicted molar refractivity (Wildman–Crippen MR) is 114 cm³/mol. The Morgan fingerprint density at radius 2 is 1.67 bits per heavy atom. The fourth-order valence-corrected chi connectivity index (χ4v) is 3.11. The molecule has 2 N–H and O–H groups in total. The molecule has 7 nitrogen and oxygen atoms in total. The number of benzene rings is 2. The number of amides is 2. The monoisotopic (exact) mass is 410 g/mol. The first-order chi connectivity index (χ1) is 14.4. The van der Waals surface area contributed by atoms with Gasteiger partial charge in [-0.2, -0.15) is 0 Å². The molecule has 7 heteroatoms. The average molecular weight is 410 g/mol. The smallest absolute Gasteiger partial charge is 0.252 e. The molecule has 2 aromatic carbocycles. The zero-order valence-corrected chi connectivity index (χ0v) is 17.5. The third-order valence-corrected chi connectivity index (χ3v) is 4.76. The number of rotatable bonds is 8. The number of carbonyl (C=O) groups is 2. The molecule has 158 valence electrons. The van der Waals surface area contributed by atoms with E-state index in [9.17, 15) is 9.59 Å². The fraction of sp³-hybridized carbons (Fsp3) is 0.304. The van der Waals surface area contributed by atoms with Crippen LogP contribution in [-0.2, 0) is 11.3 Å². The topological polar surface area (TPSA) is 89.8 Å². The first-order valence-electron chi connectivity index (χ1n) is 9.70. The second kappa shape index (κ2) is 9.35. The average Bonchev–Trinajstić information content (AvgIpc) is 3.18. The van der Waals surface area contributed by atoms with Gasteiger partial charge in [0.15, 0.2) is 0 Å². The largest absolute Gasteiger partial charge is 0.497 e. The van der Waals surface area contributed by atoms with E-state index in [-0.39, 0.29) is 24.3 Å². The van der Waals surface area contributed by atoms with Crippen molar-refractivity contribution in [2.45, 2.75) is 26.4 Å². The van der Waals surface area contributed by atoms with Gasteiger partial charge in [0.2, 0.25) is 5.91 Å². The van der Waals surface area contributed by atoms with Crippen molar-refractivity contribution >= 4 is 22.8 Å². The summed E-state index contributed by atoms with van der Waals surface area (Å²) in [5, 5.41) is 6.63. The lowest BCUT2D eigenvalue weighted by atomic mass is 10.0. The number of furan rings is 1. The van der Waals surface area contributed by atoms with E-state index in [2.05, 4.69) is 10.6 Å². The van der Waals surface area contributed by atoms with Crippen LogP contribution in [0.1, 0.15) is 30.0 Å². The molecule has 1 unspecified atom stereocenters. The first-order valence-corrected chi connectivity index (χ1v) is 9.70. The van der Waals surface area contributed by atoms with Crippen LogP contribution in [0.5, 0.6) is 11.5 Å². The van der Waals surface area contributed by atoms with Gasteiger partial charge in [0, 0.05) is 17.0 Å². The highest BCUT2D eigenvalue weighted by Crippen LogP contribution is 2.23. The van der Waals surface area contributed by atoms with Crippen LogP contribution in [0.3, 0.4) is 0 Å². The van der Waals surface area contributed by atoms with Crippen molar-refractivity contribution in [2.75, 3.05) is 14.2 Å². The van der Waals surface area contributed by atoms with Crippen molar-refractivity contribution in [2.24, 2.45) is 5.92 Å². The normalized spacial score (nSPS) is 11.9. The Morgan fingerprint density at radius 3 is 2.27 bits per heavy atom. The minimum Gasteiger partial charge on any atom is -0.497 e. The van der Waals surface area contributed by atoms with Gasteiger partial charge in [-0.15, -0.1) is 0 Å². The van der Waals surface area contributed by atoms with Crippen LogP contribution in [0.2, 0.25) is 0 Å². The Kier molecular flexibility index (Phi) is 6.61. The summed E-state index contributed by atoms with van der Waals surface area (Å²) in [6.07, 6.45) is 0. The quantitative estimate of drug-likeness (QED) is 0.593. The van der Waals surface area contributed by atoms with Crippen LogP contribution >= 0.6 is 0 Å². The summed E-state index contributed by atoms with van der Waals surface area (Å²) < 4.78 is 16.2. The molecule has 1 aromatic heterocycles. The molecule has 0 aliphatic carbocycles. The SMILES string of the molecule is COc1cc(OC)cc(C(=O)NC(C(=O)NCc2cc3ccccc3o2)C(C)C)c1. The molecule has 2 amide bonds. The van der Waals surface area contributed by atoms with E-state index in [0.29, 0.717) is 22.8 Å². The molecule has 3 aromatic rings. The highest BCUT2D eigenvalue weighted by molar-refractivity contribution is 5.98. The Balaban J connectivity index is 1.68. The molecule has 1 atom stereocenters. The predicted octanol–water partition coefficient (Wildman–Crippen LogP) is 3.52. The Hall–Kier alpha value is -3.48. The first kappa shape index (κ1) is 21.2. The molecule has 0 bridgehead atoms. The number of para-hydroxylation sites is 1. The zero-order valence-electron chi connectivity index (χ0n) is 17.5. The van der Waals surface area contributed by atoms with Crippen molar-refractivity contribution in [1.82, 2.24) is 10.6 Å². The number of fused-ring (bicyclic) bond motifs is 1. The minimum atomic E-state index is -0.709. The van der Waals surface area contributed by atoms with Crippen LogP contribution < -0.4 is 20.1 Å². The van der Waals surface area contributed by atoms with Gasteiger partial charge in [-0.25, -0.2) is 0 Å².